The second-order valence-corrected chi connectivity index (χ2v) is 24.0. The first-order valence-electron chi connectivity index (χ1n) is 29.1. The average molecular weight is 1410 g/mol. The van der Waals surface area contributed by atoms with Gasteiger partial charge in [-0.2, -0.15) is 0 Å². The molecule has 6 aliphatic rings. The van der Waals surface area contributed by atoms with Crippen LogP contribution in [0.15, 0.2) is 146 Å². The minimum atomic E-state index is -2.25. The Morgan fingerprint density at radius 2 is 1.15 bits per heavy atom. The number of benzene rings is 8. The van der Waals surface area contributed by atoms with Crippen LogP contribution in [0.3, 0.4) is 0 Å². The summed E-state index contributed by atoms with van der Waals surface area (Å²) in [4.78, 5) is 120. The first-order chi connectivity index (χ1) is 46.0. The van der Waals surface area contributed by atoms with Crippen molar-refractivity contribution in [1.82, 2.24) is 31.9 Å². The molecule has 8 aromatic rings. The lowest BCUT2D eigenvalue weighted by atomic mass is 9.89. The predicted octanol–water partition coefficient (Wildman–Crippen LogP) is 7.35. The van der Waals surface area contributed by atoms with E-state index in [1.165, 1.54) is 97.1 Å². The van der Waals surface area contributed by atoms with Crippen LogP contribution < -0.4 is 56.6 Å². The molecule has 490 valence electrons. The van der Waals surface area contributed by atoms with Crippen molar-refractivity contribution in [3.63, 3.8) is 0 Å². The molecule has 8 aromatic carbocycles. The number of amides is 6. The minimum absolute atomic E-state index is 0.0622. The molecule has 6 heterocycles. The van der Waals surface area contributed by atoms with Gasteiger partial charge in [0.15, 0.2) is 29.0 Å². The highest BCUT2D eigenvalue weighted by Crippen LogP contribution is 2.49. The zero-order chi connectivity index (χ0) is 68.0. The summed E-state index contributed by atoms with van der Waals surface area (Å²) in [7, 11) is 0. The fourth-order valence-corrected chi connectivity index (χ4v) is 11.9. The molecule has 6 aliphatic heterocycles. The number of rotatable bonds is 5. The number of halogens is 3. The van der Waals surface area contributed by atoms with Crippen LogP contribution in [0, 0.1) is 0 Å². The quantitative estimate of drug-likeness (QED) is 0.0455. The van der Waals surface area contributed by atoms with Crippen LogP contribution in [0.4, 0.5) is 0 Å². The van der Waals surface area contributed by atoms with Crippen molar-refractivity contribution < 1.29 is 92.7 Å². The zero-order valence-corrected chi connectivity index (χ0v) is 52.4. The number of esters is 2. The number of nitrogens with one attached hydrogen (secondary N) is 6. The Morgan fingerprint density at radius 1 is 0.542 bits per heavy atom. The lowest BCUT2D eigenvalue weighted by Gasteiger charge is -2.31. The van der Waals surface area contributed by atoms with E-state index in [0.717, 1.165) is 42.5 Å². The Labute approximate surface area is 560 Å². The molecule has 0 aliphatic carbocycles. The molecule has 14 rings (SSSR count). The molecule has 17 bridgehead atoms. The molecule has 0 unspecified atom stereocenters. The summed E-state index contributed by atoms with van der Waals surface area (Å²) in [6.07, 6.45) is -2.50. The van der Waals surface area contributed by atoms with Crippen molar-refractivity contribution in [3.05, 3.63) is 200 Å². The molecule has 0 spiro atoms. The van der Waals surface area contributed by atoms with Crippen LogP contribution in [0.1, 0.15) is 85.6 Å². The number of hydrogen-bond donors (Lipinski definition) is 13. The van der Waals surface area contributed by atoms with E-state index in [2.05, 4.69) is 47.8 Å². The van der Waals surface area contributed by atoms with Gasteiger partial charge in [0.25, 0.3) is 0 Å². The molecule has 14 N–H and O–H groups in total. The van der Waals surface area contributed by atoms with Crippen molar-refractivity contribution in [1.29, 1.82) is 0 Å². The summed E-state index contributed by atoms with van der Waals surface area (Å²) < 4.78 is 30.7. The first kappa shape index (κ1) is 65.0. The first-order valence-corrected chi connectivity index (χ1v) is 31.0. The predicted molar refractivity (Wildman–Crippen MR) is 342 cm³/mol. The molecule has 96 heavy (non-hydrogen) atoms. The number of ether oxygens (including phenoxy) is 5. The van der Waals surface area contributed by atoms with E-state index in [9.17, 15) is 45.0 Å². The van der Waals surface area contributed by atoms with Crippen molar-refractivity contribution in [2.75, 3.05) is 11.9 Å². The lowest BCUT2D eigenvalue weighted by Crippen LogP contribution is -2.55. The Kier molecular flexibility index (Phi) is 18.1. The largest absolute Gasteiger partial charge is 0.508 e. The molecule has 0 radical (unpaired) electrons. The number of aliphatic hydroxyl groups excluding tert-OH is 1. The summed E-state index contributed by atoms with van der Waals surface area (Å²) in [6.45, 7) is -0.0866. The van der Waals surface area contributed by atoms with E-state index in [0.29, 0.717) is 5.56 Å². The number of carbonyl (C=O) groups excluding carboxylic acids is 8. The van der Waals surface area contributed by atoms with Gasteiger partial charge in [-0.25, -0.2) is 9.59 Å². The highest BCUT2D eigenvalue weighted by molar-refractivity contribution is 9.09. The van der Waals surface area contributed by atoms with E-state index in [1.54, 1.807) is 6.07 Å². The normalized spacial score (nSPS) is 20.7. The maximum Gasteiger partial charge on any atom is 0.345 e. The Morgan fingerprint density at radius 3 is 1.83 bits per heavy atom. The zero-order valence-electron chi connectivity index (χ0n) is 49.3. The van der Waals surface area contributed by atoms with Crippen LogP contribution in [-0.4, -0.2) is 102 Å². The third-order valence-electron chi connectivity index (χ3n) is 15.9. The van der Waals surface area contributed by atoms with Crippen molar-refractivity contribution in [2.45, 2.75) is 54.8 Å². The SMILES string of the molecule is N[C@@H]1C(=O)N[C@@H]2Cc3ccc(c(Cl)c3)Oc3cc4cc(c3OCCBr)Oc3ccc(cc3Cl)[C@@H](O)[C@@H]3NC(=O)[C@H](NC(=O)[C@@H]4NC(=O)[C@@H](NC2=O)c2cc(O)cc(c2)Oc2cc1ccc2O)c1ccc(O)c(c1)-c1c(O)cc(O)cc1[C@@H](C(=O)OC(=O)c1ccccc1)NC3=O. The number of aliphatic hydroxyl groups is 1. The summed E-state index contributed by atoms with van der Waals surface area (Å²) in [5, 5.41) is 84.7. The van der Waals surface area contributed by atoms with Gasteiger partial charge in [0.2, 0.25) is 41.2 Å². The lowest BCUT2D eigenvalue weighted by molar-refractivity contribution is -0.144. The Bertz CT molecular complexity index is 4560. The summed E-state index contributed by atoms with van der Waals surface area (Å²) in [5.74, 6) is -14.6. The van der Waals surface area contributed by atoms with Crippen LogP contribution in [-0.2, 0) is 44.7 Å². The number of phenolic OH excluding ortho intramolecular Hbond substituents is 5. The van der Waals surface area contributed by atoms with E-state index in [4.69, 9.17) is 52.6 Å². The minimum Gasteiger partial charge on any atom is -0.508 e. The Balaban J connectivity index is 1.08. The van der Waals surface area contributed by atoms with Gasteiger partial charge in [0.1, 0.15) is 82.6 Å². The standard InChI is InChI=1S/C67H52BrCl2N7O19/c68-14-15-92-59-49-23-34-24-50(59)95-47-13-9-32(21-41(47)70)58(83)57-65(89)76-56(67(91)96-66(90)29-4-2-1-3-5-29)39-26-36(79)27-45(82)51(39)38-20-31(8-10-43(38)80)53(62(86)77-57)74-64(88)55(34)75-63(87)54-33-18-35(78)25-37(19-33)93-48-22-30(7-11-44(48)81)52(71)61(85)72-42(60(84)73-54)17-28-6-12-46(94-49)40(69)16-28/h1-13,16,18-27,42,52-58,78-83H,14-15,17,71H2,(H,72,85)(H,73,84)(H,74,88)(H,75,87)(H,76,89)(H,77,86)/t42-,52+,53-,54+,55-,56+,57+,58-/m1/s1. The molecular weight excluding hydrogens is 1360 g/mol. The fraction of sp³-hybridized carbons (Fsp3) is 0.164. The van der Waals surface area contributed by atoms with Crippen LogP contribution in [0.5, 0.6) is 69.0 Å². The van der Waals surface area contributed by atoms with E-state index < -0.39 is 141 Å². The number of fused-ring (bicyclic) bond motifs is 14. The van der Waals surface area contributed by atoms with Gasteiger partial charge in [0.05, 0.1) is 22.2 Å². The average Bonchev–Trinajstić information content (AvgIpc) is 0.776. The van der Waals surface area contributed by atoms with Gasteiger partial charge in [0, 0.05) is 40.6 Å². The molecular formula is C67H52BrCl2N7O19. The molecule has 0 saturated heterocycles. The van der Waals surface area contributed by atoms with E-state index >= 15 is 24.0 Å². The molecule has 0 saturated carbocycles. The van der Waals surface area contributed by atoms with E-state index in [1.807, 2.05) is 0 Å². The number of hydrogen-bond acceptors (Lipinski definition) is 20. The number of aromatic hydroxyl groups is 5. The topological polar surface area (TPSA) is 402 Å². The van der Waals surface area contributed by atoms with Gasteiger partial charge in [-0.3, -0.25) is 28.8 Å². The van der Waals surface area contributed by atoms with Crippen LogP contribution in [0.2, 0.25) is 10.0 Å². The second-order valence-electron chi connectivity index (χ2n) is 22.4. The monoisotopic (exact) mass is 1410 g/mol. The van der Waals surface area contributed by atoms with Gasteiger partial charge < -0.3 is 92.0 Å². The maximum atomic E-state index is 16.1. The molecule has 0 aromatic heterocycles. The maximum absolute atomic E-state index is 16.1. The van der Waals surface area contributed by atoms with Gasteiger partial charge in [-0.05, 0) is 124 Å². The third-order valence-corrected chi connectivity index (χ3v) is 16.9. The van der Waals surface area contributed by atoms with Gasteiger partial charge in [-0.1, -0.05) is 81.6 Å². The van der Waals surface area contributed by atoms with Crippen LogP contribution in [0.25, 0.3) is 11.1 Å². The number of alkyl halides is 1. The summed E-state index contributed by atoms with van der Waals surface area (Å²) in [6, 6.07) is 16.1. The number of phenols is 5. The molecule has 8 atom stereocenters. The van der Waals surface area contributed by atoms with Crippen molar-refractivity contribution in [2.24, 2.45) is 5.73 Å². The van der Waals surface area contributed by atoms with Crippen LogP contribution >= 0.6 is 39.1 Å². The highest BCUT2D eigenvalue weighted by Gasteiger charge is 2.42. The summed E-state index contributed by atoms with van der Waals surface area (Å²) in [5.41, 5.74) is 4.43. The number of nitrogens with two attached hydrogens (primary N) is 1. The smallest absolute Gasteiger partial charge is 0.345 e. The molecule has 0 fully saturated rings. The third kappa shape index (κ3) is 13.2. The summed E-state index contributed by atoms with van der Waals surface area (Å²) >= 11 is 17.4. The molecule has 29 heteroatoms. The van der Waals surface area contributed by atoms with Gasteiger partial charge in [-0.15, -0.1) is 0 Å². The molecule has 26 nitrogen and oxygen atoms in total. The highest BCUT2D eigenvalue weighted by atomic mass is 79.9. The second kappa shape index (κ2) is 26.7. The van der Waals surface area contributed by atoms with E-state index in [-0.39, 0.29) is 102 Å². The van der Waals surface area contributed by atoms with Crippen molar-refractivity contribution in [3.8, 4) is 80.1 Å². The molecule has 6 amide bonds. The van der Waals surface area contributed by atoms with Crippen molar-refractivity contribution >= 4 is 86.5 Å². The fourth-order valence-electron chi connectivity index (χ4n) is 11.3. The van der Waals surface area contributed by atoms with Gasteiger partial charge >= 0.3 is 11.9 Å². The Hall–Kier alpha value is -11.1. The number of carbonyl (C=O) groups is 8.